The molecule has 1 atom stereocenters. The average Bonchev–Trinajstić information content (AvgIpc) is 2.26. The van der Waals surface area contributed by atoms with Crippen molar-refractivity contribution in [2.45, 2.75) is 25.8 Å². The van der Waals surface area contributed by atoms with E-state index in [-0.39, 0.29) is 5.97 Å². The van der Waals surface area contributed by atoms with Crippen LogP contribution in [-0.2, 0) is 14.3 Å². The van der Waals surface area contributed by atoms with Crippen molar-refractivity contribution in [2.24, 2.45) is 0 Å². The van der Waals surface area contributed by atoms with Crippen LogP contribution in [0.2, 0.25) is 0 Å². The van der Waals surface area contributed by atoms with Gasteiger partial charge in [0, 0.05) is 12.6 Å². The van der Waals surface area contributed by atoms with Crippen molar-refractivity contribution >= 4 is 5.97 Å². The fourth-order valence-electron chi connectivity index (χ4n) is 1.74. The lowest BCUT2D eigenvalue weighted by Crippen LogP contribution is -2.43. The molecule has 0 spiro atoms. The van der Waals surface area contributed by atoms with E-state index in [4.69, 9.17) is 4.74 Å². The lowest BCUT2D eigenvalue weighted by molar-refractivity contribution is -0.143. The molecule has 4 heteroatoms. The molecule has 0 saturated carbocycles. The SMILES string of the molecule is CCN(CC(=O)OC)C1CCCOC1. The van der Waals surface area contributed by atoms with E-state index >= 15 is 0 Å². The number of esters is 1. The van der Waals surface area contributed by atoms with Gasteiger partial charge in [0.15, 0.2) is 0 Å². The summed E-state index contributed by atoms with van der Waals surface area (Å²) in [7, 11) is 1.42. The minimum atomic E-state index is -0.169. The molecule has 1 saturated heterocycles. The third-order valence-electron chi connectivity index (χ3n) is 2.62. The molecule has 1 aliphatic heterocycles. The molecular weight excluding hydrogens is 182 g/mol. The second-order valence-electron chi connectivity index (χ2n) is 3.51. The first kappa shape index (κ1) is 11.5. The summed E-state index contributed by atoms with van der Waals surface area (Å²) in [5, 5.41) is 0. The van der Waals surface area contributed by atoms with Gasteiger partial charge in [-0.3, -0.25) is 9.69 Å². The van der Waals surface area contributed by atoms with Crippen LogP contribution in [0.3, 0.4) is 0 Å². The van der Waals surface area contributed by atoms with E-state index in [0.29, 0.717) is 12.6 Å². The van der Waals surface area contributed by atoms with Gasteiger partial charge in [0.05, 0.1) is 20.3 Å². The fraction of sp³-hybridized carbons (Fsp3) is 0.900. The fourth-order valence-corrected chi connectivity index (χ4v) is 1.74. The summed E-state index contributed by atoms with van der Waals surface area (Å²) in [5.74, 6) is -0.169. The van der Waals surface area contributed by atoms with E-state index in [1.165, 1.54) is 7.11 Å². The molecule has 0 aromatic carbocycles. The number of carbonyl (C=O) groups excluding carboxylic acids is 1. The average molecular weight is 201 g/mol. The monoisotopic (exact) mass is 201 g/mol. The molecule has 1 unspecified atom stereocenters. The number of ether oxygens (including phenoxy) is 2. The Labute approximate surface area is 85.2 Å². The topological polar surface area (TPSA) is 38.8 Å². The second kappa shape index (κ2) is 5.98. The van der Waals surface area contributed by atoms with Gasteiger partial charge in [-0.1, -0.05) is 6.92 Å². The summed E-state index contributed by atoms with van der Waals surface area (Å²) < 4.78 is 10.0. The van der Waals surface area contributed by atoms with Crippen molar-refractivity contribution in [3.05, 3.63) is 0 Å². The molecule has 82 valence electrons. The maximum atomic E-state index is 11.1. The van der Waals surface area contributed by atoms with Gasteiger partial charge < -0.3 is 9.47 Å². The molecule has 0 N–H and O–H groups in total. The first-order valence-electron chi connectivity index (χ1n) is 5.16. The highest BCUT2D eigenvalue weighted by molar-refractivity contribution is 5.71. The van der Waals surface area contributed by atoms with Crippen LogP contribution in [0.25, 0.3) is 0 Å². The lowest BCUT2D eigenvalue weighted by Gasteiger charge is -2.32. The second-order valence-corrected chi connectivity index (χ2v) is 3.51. The molecule has 1 aliphatic rings. The van der Waals surface area contributed by atoms with Crippen molar-refractivity contribution in [1.82, 2.24) is 4.90 Å². The van der Waals surface area contributed by atoms with Gasteiger partial charge in [0.2, 0.25) is 0 Å². The summed E-state index contributed by atoms with van der Waals surface area (Å²) >= 11 is 0. The highest BCUT2D eigenvalue weighted by Gasteiger charge is 2.22. The summed E-state index contributed by atoms with van der Waals surface area (Å²) in [5.41, 5.74) is 0. The van der Waals surface area contributed by atoms with Crippen LogP contribution < -0.4 is 0 Å². The minimum Gasteiger partial charge on any atom is -0.468 e. The molecule has 14 heavy (non-hydrogen) atoms. The van der Waals surface area contributed by atoms with Crippen LogP contribution in [0.1, 0.15) is 19.8 Å². The molecule has 1 heterocycles. The highest BCUT2D eigenvalue weighted by atomic mass is 16.5. The van der Waals surface area contributed by atoms with E-state index in [9.17, 15) is 4.79 Å². The van der Waals surface area contributed by atoms with Gasteiger partial charge in [0.25, 0.3) is 0 Å². The van der Waals surface area contributed by atoms with Crippen LogP contribution in [0.4, 0.5) is 0 Å². The van der Waals surface area contributed by atoms with E-state index in [1.54, 1.807) is 0 Å². The zero-order chi connectivity index (χ0) is 10.4. The Morgan fingerprint density at radius 2 is 2.43 bits per heavy atom. The Kier molecular flexibility index (Phi) is 4.90. The number of rotatable bonds is 4. The standard InChI is InChI=1S/C10H19NO3/c1-3-11(7-10(12)13-2)9-5-4-6-14-8-9/h9H,3-8H2,1-2H3. The molecule has 1 rings (SSSR count). The largest absolute Gasteiger partial charge is 0.468 e. The van der Waals surface area contributed by atoms with Crippen LogP contribution in [0.15, 0.2) is 0 Å². The Hall–Kier alpha value is -0.610. The number of carbonyl (C=O) groups is 1. The van der Waals surface area contributed by atoms with Gasteiger partial charge in [-0.05, 0) is 19.4 Å². The number of hydrogen-bond donors (Lipinski definition) is 0. The van der Waals surface area contributed by atoms with Gasteiger partial charge in [0.1, 0.15) is 0 Å². The Bertz CT molecular complexity index is 178. The first-order valence-corrected chi connectivity index (χ1v) is 5.16. The van der Waals surface area contributed by atoms with Crippen molar-refractivity contribution in [2.75, 3.05) is 33.4 Å². The summed E-state index contributed by atoms with van der Waals surface area (Å²) in [4.78, 5) is 13.2. The number of methoxy groups -OCH3 is 1. The summed E-state index contributed by atoms with van der Waals surface area (Å²) in [6.07, 6.45) is 2.20. The Balaban J connectivity index is 2.39. The number of likely N-dealkylation sites (N-methyl/N-ethyl adjacent to an activating group) is 1. The Morgan fingerprint density at radius 3 is 2.93 bits per heavy atom. The normalized spacial score (nSPS) is 22.4. The van der Waals surface area contributed by atoms with E-state index < -0.39 is 0 Å². The summed E-state index contributed by atoms with van der Waals surface area (Å²) in [6.45, 7) is 4.89. The van der Waals surface area contributed by atoms with Crippen LogP contribution >= 0.6 is 0 Å². The highest BCUT2D eigenvalue weighted by Crippen LogP contribution is 2.12. The third-order valence-corrected chi connectivity index (χ3v) is 2.62. The van der Waals surface area contributed by atoms with Gasteiger partial charge in [-0.25, -0.2) is 0 Å². The smallest absolute Gasteiger partial charge is 0.319 e. The molecule has 4 nitrogen and oxygen atoms in total. The zero-order valence-electron chi connectivity index (χ0n) is 8.99. The maximum absolute atomic E-state index is 11.1. The number of hydrogen-bond acceptors (Lipinski definition) is 4. The molecular formula is C10H19NO3. The maximum Gasteiger partial charge on any atom is 0.319 e. The lowest BCUT2D eigenvalue weighted by atomic mass is 10.1. The van der Waals surface area contributed by atoms with Crippen molar-refractivity contribution < 1.29 is 14.3 Å². The number of nitrogens with zero attached hydrogens (tertiary/aromatic N) is 1. The molecule has 0 radical (unpaired) electrons. The van der Waals surface area contributed by atoms with Crippen LogP contribution in [-0.4, -0.2) is 50.3 Å². The van der Waals surface area contributed by atoms with Crippen molar-refractivity contribution in [3.8, 4) is 0 Å². The molecule has 0 aromatic rings. The zero-order valence-corrected chi connectivity index (χ0v) is 8.99. The molecule has 0 bridgehead atoms. The van der Waals surface area contributed by atoms with E-state index in [0.717, 1.165) is 32.6 Å². The quantitative estimate of drug-likeness (QED) is 0.626. The van der Waals surface area contributed by atoms with Gasteiger partial charge in [-0.15, -0.1) is 0 Å². The predicted octanol–water partition coefficient (Wildman–Crippen LogP) is 0.660. The molecule has 1 fully saturated rings. The van der Waals surface area contributed by atoms with E-state index in [2.05, 4.69) is 16.6 Å². The first-order chi connectivity index (χ1) is 6.77. The van der Waals surface area contributed by atoms with Crippen molar-refractivity contribution in [1.29, 1.82) is 0 Å². The van der Waals surface area contributed by atoms with Crippen LogP contribution in [0.5, 0.6) is 0 Å². The minimum absolute atomic E-state index is 0.169. The summed E-state index contributed by atoms with van der Waals surface area (Å²) in [6, 6.07) is 0.382. The predicted molar refractivity (Wildman–Crippen MR) is 53.1 cm³/mol. The van der Waals surface area contributed by atoms with E-state index in [1.807, 2.05) is 0 Å². The van der Waals surface area contributed by atoms with Crippen molar-refractivity contribution in [3.63, 3.8) is 0 Å². The van der Waals surface area contributed by atoms with Crippen LogP contribution in [0, 0.1) is 0 Å². The third kappa shape index (κ3) is 3.27. The Morgan fingerprint density at radius 1 is 1.64 bits per heavy atom. The van der Waals surface area contributed by atoms with Gasteiger partial charge >= 0.3 is 5.97 Å². The molecule has 0 amide bonds. The molecule has 0 aromatic heterocycles. The molecule has 0 aliphatic carbocycles. The van der Waals surface area contributed by atoms with Gasteiger partial charge in [-0.2, -0.15) is 0 Å².